The monoisotopic (exact) mass is 381 g/mol. The highest BCUT2D eigenvalue weighted by molar-refractivity contribution is 7.99. The number of aromatic nitrogens is 4. The summed E-state index contributed by atoms with van der Waals surface area (Å²) in [5.41, 5.74) is 5.61. The molecule has 0 N–H and O–H groups in total. The molecule has 7 heteroatoms. The SMILES string of the molecule is Cc1ccc(CN(C)C(=O)CSc2nnnn2-c2ccc(C)c(C)c2)cc1. The molecule has 0 atom stereocenters. The van der Waals surface area contributed by atoms with Crippen molar-refractivity contribution in [3.63, 3.8) is 0 Å². The first-order valence-corrected chi connectivity index (χ1v) is 9.71. The van der Waals surface area contributed by atoms with E-state index in [1.54, 1.807) is 9.58 Å². The molecule has 0 aliphatic rings. The highest BCUT2D eigenvalue weighted by Crippen LogP contribution is 2.20. The van der Waals surface area contributed by atoms with Gasteiger partial charge in [0, 0.05) is 13.6 Å². The maximum absolute atomic E-state index is 12.5. The number of carbonyl (C=O) groups excluding carboxylic acids is 1. The third-order valence-electron chi connectivity index (χ3n) is 4.47. The van der Waals surface area contributed by atoms with Gasteiger partial charge < -0.3 is 4.90 Å². The molecule has 2 aromatic carbocycles. The van der Waals surface area contributed by atoms with Crippen molar-refractivity contribution in [1.29, 1.82) is 0 Å². The van der Waals surface area contributed by atoms with Crippen LogP contribution in [0.15, 0.2) is 47.6 Å². The third kappa shape index (κ3) is 4.74. The van der Waals surface area contributed by atoms with Crippen LogP contribution in [-0.2, 0) is 11.3 Å². The molecule has 1 amide bonds. The van der Waals surface area contributed by atoms with Gasteiger partial charge in [-0.3, -0.25) is 4.79 Å². The molecule has 1 aromatic heterocycles. The van der Waals surface area contributed by atoms with Gasteiger partial charge in [-0.25, -0.2) is 0 Å². The predicted molar refractivity (Wildman–Crippen MR) is 107 cm³/mol. The number of amides is 1. The summed E-state index contributed by atoms with van der Waals surface area (Å²) in [4.78, 5) is 14.2. The van der Waals surface area contributed by atoms with Crippen molar-refractivity contribution < 1.29 is 4.79 Å². The number of hydrogen-bond donors (Lipinski definition) is 0. The molecule has 0 fully saturated rings. The van der Waals surface area contributed by atoms with Gasteiger partial charge in [0.2, 0.25) is 11.1 Å². The average Bonchev–Trinajstić information content (AvgIpc) is 3.12. The van der Waals surface area contributed by atoms with Crippen LogP contribution in [0, 0.1) is 20.8 Å². The second kappa shape index (κ2) is 8.35. The van der Waals surface area contributed by atoms with Crippen molar-refractivity contribution in [3.05, 3.63) is 64.7 Å². The van der Waals surface area contributed by atoms with Gasteiger partial charge >= 0.3 is 0 Å². The lowest BCUT2D eigenvalue weighted by Gasteiger charge is -2.17. The van der Waals surface area contributed by atoms with E-state index in [1.807, 2.05) is 37.4 Å². The van der Waals surface area contributed by atoms with Gasteiger partial charge in [-0.05, 0) is 60.0 Å². The van der Waals surface area contributed by atoms with E-state index >= 15 is 0 Å². The van der Waals surface area contributed by atoms with Crippen LogP contribution in [0.3, 0.4) is 0 Å². The van der Waals surface area contributed by atoms with Crippen LogP contribution < -0.4 is 0 Å². The molecule has 0 bridgehead atoms. The van der Waals surface area contributed by atoms with Crippen molar-refractivity contribution in [3.8, 4) is 5.69 Å². The van der Waals surface area contributed by atoms with Crippen molar-refractivity contribution in [2.45, 2.75) is 32.5 Å². The van der Waals surface area contributed by atoms with E-state index < -0.39 is 0 Å². The van der Waals surface area contributed by atoms with Gasteiger partial charge in [-0.1, -0.05) is 47.7 Å². The second-order valence-electron chi connectivity index (χ2n) is 6.67. The molecular formula is C20H23N5OS. The highest BCUT2D eigenvalue weighted by atomic mass is 32.2. The zero-order valence-corrected chi connectivity index (χ0v) is 16.8. The summed E-state index contributed by atoms with van der Waals surface area (Å²) in [7, 11) is 1.81. The third-order valence-corrected chi connectivity index (χ3v) is 5.37. The van der Waals surface area contributed by atoms with E-state index in [-0.39, 0.29) is 11.7 Å². The van der Waals surface area contributed by atoms with Crippen LogP contribution >= 0.6 is 11.8 Å². The van der Waals surface area contributed by atoms with Gasteiger partial charge in [-0.2, -0.15) is 4.68 Å². The van der Waals surface area contributed by atoms with E-state index in [4.69, 9.17) is 0 Å². The Morgan fingerprint density at radius 1 is 1.07 bits per heavy atom. The van der Waals surface area contributed by atoms with Gasteiger partial charge in [0.15, 0.2) is 0 Å². The summed E-state index contributed by atoms with van der Waals surface area (Å²) in [6.45, 7) is 6.76. The Balaban J connectivity index is 1.63. The summed E-state index contributed by atoms with van der Waals surface area (Å²) in [5.74, 6) is 0.323. The standard InChI is InChI=1S/C20H23N5OS/c1-14-5-8-17(9-6-14)12-24(4)19(26)13-27-20-21-22-23-25(20)18-10-7-15(2)16(3)11-18/h5-11H,12-13H2,1-4H3. The van der Waals surface area contributed by atoms with E-state index in [0.29, 0.717) is 11.7 Å². The molecule has 3 aromatic rings. The van der Waals surface area contributed by atoms with Crippen LogP contribution in [0.25, 0.3) is 5.69 Å². The van der Waals surface area contributed by atoms with Gasteiger partial charge in [0.25, 0.3) is 0 Å². The Hall–Kier alpha value is -2.67. The smallest absolute Gasteiger partial charge is 0.233 e. The topological polar surface area (TPSA) is 63.9 Å². The number of nitrogens with zero attached hydrogens (tertiary/aromatic N) is 5. The fourth-order valence-electron chi connectivity index (χ4n) is 2.58. The minimum Gasteiger partial charge on any atom is -0.341 e. The summed E-state index contributed by atoms with van der Waals surface area (Å²) in [5, 5.41) is 12.5. The molecule has 3 rings (SSSR count). The molecule has 0 unspecified atom stereocenters. The number of rotatable bonds is 6. The summed E-state index contributed by atoms with van der Waals surface area (Å²) in [6.07, 6.45) is 0. The number of hydrogen-bond acceptors (Lipinski definition) is 5. The number of tetrazole rings is 1. The molecule has 0 saturated heterocycles. The zero-order valence-electron chi connectivity index (χ0n) is 16.0. The van der Waals surface area contributed by atoms with Crippen molar-refractivity contribution in [2.24, 2.45) is 0 Å². The Bertz CT molecular complexity index is 936. The highest BCUT2D eigenvalue weighted by Gasteiger charge is 2.15. The van der Waals surface area contributed by atoms with Crippen molar-refractivity contribution in [1.82, 2.24) is 25.1 Å². The maximum atomic E-state index is 12.5. The van der Waals surface area contributed by atoms with Crippen LogP contribution in [-0.4, -0.2) is 43.8 Å². The number of carbonyl (C=O) groups is 1. The first kappa shape index (κ1) is 19.1. The van der Waals surface area contributed by atoms with Crippen LogP contribution in [0.1, 0.15) is 22.3 Å². The Morgan fingerprint density at radius 3 is 2.52 bits per heavy atom. The van der Waals surface area contributed by atoms with Gasteiger partial charge in [0.05, 0.1) is 11.4 Å². The molecular weight excluding hydrogens is 358 g/mol. The Kier molecular flexibility index (Phi) is 5.91. The Labute approximate surface area is 163 Å². The van der Waals surface area contributed by atoms with Crippen LogP contribution in [0.5, 0.6) is 0 Å². The zero-order chi connectivity index (χ0) is 19.4. The predicted octanol–water partition coefficient (Wildman–Crippen LogP) is 3.34. The molecule has 0 aliphatic carbocycles. The van der Waals surface area contributed by atoms with Crippen LogP contribution in [0.2, 0.25) is 0 Å². The van der Waals surface area contributed by atoms with Crippen LogP contribution in [0.4, 0.5) is 0 Å². The molecule has 1 heterocycles. The molecule has 0 saturated carbocycles. The summed E-state index contributed by atoms with van der Waals surface area (Å²) in [6, 6.07) is 14.3. The first-order chi connectivity index (χ1) is 12.9. The molecule has 0 aliphatic heterocycles. The largest absolute Gasteiger partial charge is 0.341 e. The molecule has 140 valence electrons. The molecule has 6 nitrogen and oxygen atoms in total. The first-order valence-electron chi connectivity index (χ1n) is 8.72. The number of benzene rings is 2. The molecule has 27 heavy (non-hydrogen) atoms. The lowest BCUT2D eigenvalue weighted by atomic mass is 10.1. The van der Waals surface area contributed by atoms with E-state index in [2.05, 4.69) is 48.4 Å². The summed E-state index contributed by atoms with van der Waals surface area (Å²) >= 11 is 1.34. The van der Waals surface area contributed by atoms with E-state index in [0.717, 1.165) is 11.3 Å². The maximum Gasteiger partial charge on any atom is 0.233 e. The van der Waals surface area contributed by atoms with Crippen molar-refractivity contribution in [2.75, 3.05) is 12.8 Å². The lowest BCUT2D eigenvalue weighted by molar-refractivity contribution is -0.127. The minimum atomic E-state index is 0.0372. The normalized spacial score (nSPS) is 10.8. The number of aryl methyl sites for hydroxylation is 3. The Morgan fingerprint density at radius 2 is 1.81 bits per heavy atom. The molecule has 0 radical (unpaired) electrons. The van der Waals surface area contributed by atoms with Gasteiger partial charge in [0.1, 0.15) is 0 Å². The van der Waals surface area contributed by atoms with E-state index in [9.17, 15) is 4.79 Å². The fourth-order valence-corrected chi connectivity index (χ4v) is 3.41. The lowest BCUT2D eigenvalue weighted by Crippen LogP contribution is -2.27. The minimum absolute atomic E-state index is 0.0372. The van der Waals surface area contributed by atoms with E-state index in [1.165, 1.54) is 28.5 Å². The number of thioether (sulfide) groups is 1. The van der Waals surface area contributed by atoms with Crippen molar-refractivity contribution >= 4 is 17.7 Å². The average molecular weight is 382 g/mol. The quantitative estimate of drug-likeness (QED) is 0.613. The fraction of sp³-hybridized carbons (Fsp3) is 0.300. The summed E-state index contributed by atoms with van der Waals surface area (Å²) < 4.78 is 1.67. The second-order valence-corrected chi connectivity index (χ2v) is 7.61. The molecule has 0 spiro atoms. The van der Waals surface area contributed by atoms with Gasteiger partial charge in [-0.15, -0.1) is 5.10 Å².